The normalized spacial score (nSPS) is 35.7. The van der Waals surface area contributed by atoms with E-state index in [1.807, 2.05) is 20.8 Å². The lowest BCUT2D eigenvalue weighted by atomic mass is 9.96. The minimum atomic E-state index is -0.838. The lowest BCUT2D eigenvalue weighted by molar-refractivity contribution is -0.217. The smallest absolute Gasteiger partial charge is 0.278 e. The predicted molar refractivity (Wildman–Crippen MR) is 77.6 cm³/mol. The van der Waals surface area contributed by atoms with E-state index < -0.39 is 29.8 Å². The summed E-state index contributed by atoms with van der Waals surface area (Å²) >= 11 is 0. The zero-order valence-corrected chi connectivity index (χ0v) is 13.0. The topological polar surface area (TPSA) is 111 Å². The third-order valence-electron chi connectivity index (χ3n) is 4.37. The Kier molecular flexibility index (Phi) is 2.95. The summed E-state index contributed by atoms with van der Waals surface area (Å²) in [6.07, 6.45) is 1.22. The molecule has 4 atom stereocenters. The number of fused-ring (bicyclic) bond motifs is 2. The molecule has 9 heteroatoms. The van der Waals surface area contributed by atoms with Gasteiger partial charge < -0.3 is 24.3 Å². The predicted octanol–water partition coefficient (Wildman–Crippen LogP) is -0.0805. The molecule has 0 saturated carbocycles. The van der Waals surface area contributed by atoms with E-state index >= 15 is 0 Å². The van der Waals surface area contributed by atoms with Crippen LogP contribution >= 0.6 is 0 Å². The fourth-order valence-electron chi connectivity index (χ4n) is 3.56. The molecular formula is C14H18N4O5. The number of aliphatic hydroxyl groups excluding tert-OH is 1. The Balaban J connectivity index is 1.84. The van der Waals surface area contributed by atoms with E-state index in [0.29, 0.717) is 5.65 Å². The number of nitrogens with zero attached hydrogens (tertiary/aromatic N) is 3. The Bertz CT molecular complexity index is 815. The average Bonchev–Trinajstić information content (AvgIpc) is 3.07. The lowest BCUT2D eigenvalue weighted by Gasteiger charge is -2.30. The third-order valence-corrected chi connectivity index (χ3v) is 4.37. The van der Waals surface area contributed by atoms with E-state index in [4.69, 9.17) is 14.2 Å². The molecule has 4 rings (SSSR count). The maximum Gasteiger partial charge on any atom is 0.278 e. The molecule has 124 valence electrons. The molecule has 2 aliphatic rings. The summed E-state index contributed by atoms with van der Waals surface area (Å²) in [7, 11) is 0. The molecule has 0 radical (unpaired) electrons. The van der Waals surface area contributed by atoms with E-state index in [1.165, 1.54) is 12.7 Å². The Labute approximate surface area is 131 Å². The Morgan fingerprint density at radius 2 is 2.17 bits per heavy atom. The van der Waals surface area contributed by atoms with Crippen LogP contribution in [0.25, 0.3) is 11.2 Å². The van der Waals surface area contributed by atoms with Crippen LogP contribution in [0.2, 0.25) is 0 Å². The van der Waals surface area contributed by atoms with E-state index in [2.05, 4.69) is 15.0 Å². The number of rotatable bonds is 2. The molecule has 9 nitrogen and oxygen atoms in total. The Morgan fingerprint density at radius 3 is 2.91 bits per heavy atom. The highest BCUT2D eigenvalue weighted by Crippen LogP contribution is 2.51. The van der Waals surface area contributed by atoms with Crippen LogP contribution in [0.3, 0.4) is 0 Å². The van der Waals surface area contributed by atoms with Crippen LogP contribution < -0.4 is 5.56 Å². The van der Waals surface area contributed by atoms with Crippen LogP contribution in [0.4, 0.5) is 0 Å². The van der Waals surface area contributed by atoms with Crippen molar-refractivity contribution in [2.24, 2.45) is 0 Å². The second-order valence-electron chi connectivity index (χ2n) is 6.49. The van der Waals surface area contributed by atoms with Gasteiger partial charge in [0, 0.05) is 0 Å². The minimum Gasteiger partial charge on any atom is -0.394 e. The highest BCUT2D eigenvalue weighted by Gasteiger charge is 2.64. The van der Waals surface area contributed by atoms with Crippen LogP contribution in [0.1, 0.15) is 27.0 Å². The molecule has 0 aromatic carbocycles. The standard InChI is InChI=1S/C14H18N4O5/c1-13(2)22-9-7(4-19)21-12(14(9,3)23-13)18-6-17-8-10(18)15-5-16-11(8)20/h5-7,9,12,19H,4H2,1-3H3,(H,15,16,20)/t7-,9?,12-,14+/m1/s1. The molecular weight excluding hydrogens is 304 g/mol. The number of ether oxygens (including phenoxy) is 3. The SMILES string of the molecule is CC1(C)OC2[C@@H](CO)O[C@@H](n3cnc4c(=O)[nH]cnc43)[C@@]2(C)O1. The summed E-state index contributed by atoms with van der Waals surface area (Å²) in [5.41, 5.74) is -0.544. The van der Waals surface area contributed by atoms with Gasteiger partial charge in [0.15, 0.2) is 23.2 Å². The van der Waals surface area contributed by atoms with Gasteiger partial charge in [0.05, 0.1) is 19.3 Å². The largest absolute Gasteiger partial charge is 0.394 e. The van der Waals surface area contributed by atoms with Crippen molar-refractivity contribution in [1.82, 2.24) is 19.5 Å². The van der Waals surface area contributed by atoms with Gasteiger partial charge in [-0.2, -0.15) is 0 Å². The molecule has 2 saturated heterocycles. The minimum absolute atomic E-state index is 0.198. The average molecular weight is 322 g/mol. The molecule has 23 heavy (non-hydrogen) atoms. The first-order chi connectivity index (χ1) is 10.9. The maximum atomic E-state index is 11.8. The van der Waals surface area contributed by atoms with Crippen molar-refractivity contribution in [2.45, 2.75) is 50.6 Å². The lowest BCUT2D eigenvalue weighted by Crippen LogP contribution is -2.42. The van der Waals surface area contributed by atoms with Crippen LogP contribution in [0, 0.1) is 0 Å². The molecule has 2 N–H and O–H groups in total. The van der Waals surface area contributed by atoms with E-state index in [0.717, 1.165) is 0 Å². The molecule has 2 fully saturated rings. The Hall–Kier alpha value is -1.81. The second-order valence-corrected chi connectivity index (χ2v) is 6.49. The van der Waals surface area contributed by atoms with Gasteiger partial charge in [-0.3, -0.25) is 9.36 Å². The van der Waals surface area contributed by atoms with Gasteiger partial charge >= 0.3 is 0 Å². The van der Waals surface area contributed by atoms with Gasteiger partial charge in [0.2, 0.25) is 0 Å². The summed E-state index contributed by atoms with van der Waals surface area (Å²) in [5, 5.41) is 9.61. The van der Waals surface area contributed by atoms with Crippen molar-refractivity contribution in [1.29, 1.82) is 0 Å². The number of imidazole rings is 1. The van der Waals surface area contributed by atoms with E-state index in [1.54, 1.807) is 4.57 Å². The van der Waals surface area contributed by atoms with Crippen LogP contribution in [0.5, 0.6) is 0 Å². The maximum absolute atomic E-state index is 11.8. The van der Waals surface area contributed by atoms with Crippen molar-refractivity contribution in [3.63, 3.8) is 0 Å². The van der Waals surface area contributed by atoms with Crippen LogP contribution in [-0.2, 0) is 14.2 Å². The fourth-order valence-corrected chi connectivity index (χ4v) is 3.56. The molecule has 2 aromatic heterocycles. The van der Waals surface area contributed by atoms with Crippen molar-refractivity contribution in [3.8, 4) is 0 Å². The first kappa shape index (κ1) is 14.8. The fraction of sp³-hybridized carbons (Fsp3) is 0.643. The first-order valence-corrected chi connectivity index (χ1v) is 7.40. The van der Waals surface area contributed by atoms with Gasteiger partial charge in [-0.15, -0.1) is 0 Å². The van der Waals surface area contributed by atoms with Crippen molar-refractivity contribution in [2.75, 3.05) is 6.61 Å². The summed E-state index contributed by atoms with van der Waals surface area (Å²) in [5.74, 6) is -0.795. The number of aromatic amines is 1. The van der Waals surface area contributed by atoms with Crippen molar-refractivity contribution >= 4 is 11.2 Å². The highest BCUT2D eigenvalue weighted by molar-refractivity contribution is 5.69. The van der Waals surface area contributed by atoms with Gasteiger partial charge in [-0.1, -0.05) is 0 Å². The first-order valence-electron chi connectivity index (χ1n) is 7.40. The summed E-state index contributed by atoms with van der Waals surface area (Å²) in [6.45, 7) is 5.30. The van der Waals surface area contributed by atoms with E-state index in [-0.39, 0.29) is 17.7 Å². The summed E-state index contributed by atoms with van der Waals surface area (Å²) in [4.78, 5) is 22.6. The van der Waals surface area contributed by atoms with Crippen LogP contribution in [0.15, 0.2) is 17.4 Å². The molecule has 2 aliphatic heterocycles. The summed E-state index contributed by atoms with van der Waals surface area (Å²) in [6, 6.07) is 0. The zero-order chi connectivity index (χ0) is 16.4. The summed E-state index contributed by atoms with van der Waals surface area (Å²) < 4.78 is 19.6. The quantitative estimate of drug-likeness (QED) is 0.795. The highest BCUT2D eigenvalue weighted by atomic mass is 16.8. The second kappa shape index (κ2) is 4.60. The van der Waals surface area contributed by atoms with Gasteiger partial charge in [-0.25, -0.2) is 9.97 Å². The number of hydrogen-bond donors (Lipinski definition) is 2. The third kappa shape index (κ3) is 1.97. The molecule has 0 spiro atoms. The van der Waals surface area contributed by atoms with E-state index in [9.17, 15) is 9.90 Å². The van der Waals surface area contributed by atoms with Crippen LogP contribution in [-0.4, -0.2) is 54.8 Å². The number of aromatic nitrogens is 4. The molecule has 2 aromatic rings. The zero-order valence-electron chi connectivity index (χ0n) is 13.0. The number of H-pyrrole nitrogens is 1. The van der Waals surface area contributed by atoms with Crippen molar-refractivity contribution in [3.05, 3.63) is 23.0 Å². The van der Waals surface area contributed by atoms with Crippen molar-refractivity contribution < 1.29 is 19.3 Å². The molecule has 0 amide bonds. The van der Waals surface area contributed by atoms with Gasteiger partial charge in [0.25, 0.3) is 5.56 Å². The Morgan fingerprint density at radius 1 is 1.39 bits per heavy atom. The molecule has 0 aliphatic carbocycles. The number of aliphatic hydroxyl groups is 1. The molecule has 1 unspecified atom stereocenters. The molecule has 0 bridgehead atoms. The monoisotopic (exact) mass is 322 g/mol. The number of nitrogens with one attached hydrogen (secondary N) is 1. The van der Waals surface area contributed by atoms with Gasteiger partial charge in [-0.05, 0) is 20.8 Å². The molecule has 4 heterocycles. The van der Waals surface area contributed by atoms with Gasteiger partial charge in [0.1, 0.15) is 17.8 Å². The number of hydrogen-bond acceptors (Lipinski definition) is 7.